The fourth-order valence-electron chi connectivity index (χ4n) is 2.92. The van der Waals surface area contributed by atoms with E-state index in [1.807, 2.05) is 18.2 Å². The summed E-state index contributed by atoms with van der Waals surface area (Å²) in [5.74, 6) is 6.54. The van der Waals surface area contributed by atoms with Gasteiger partial charge in [-0.2, -0.15) is 0 Å². The number of rotatable bonds is 7. The van der Waals surface area contributed by atoms with E-state index in [-0.39, 0.29) is 11.8 Å². The lowest BCUT2D eigenvalue weighted by molar-refractivity contribution is -0.126. The molecule has 6 nitrogen and oxygen atoms in total. The number of nitrogens with two attached hydrogens (primary N) is 1. The monoisotopic (exact) mass is 319 g/mol. The third kappa shape index (κ3) is 4.46. The van der Waals surface area contributed by atoms with Gasteiger partial charge < -0.3 is 9.47 Å². The van der Waals surface area contributed by atoms with Crippen molar-refractivity contribution in [3.63, 3.8) is 0 Å². The molecule has 1 aliphatic heterocycles. The Labute approximate surface area is 137 Å². The first-order chi connectivity index (χ1) is 11.2. The van der Waals surface area contributed by atoms with Gasteiger partial charge in [0.05, 0.1) is 13.0 Å². The molecule has 6 heteroatoms. The molecule has 126 valence electrons. The van der Waals surface area contributed by atoms with Gasteiger partial charge in [0.15, 0.2) is 11.5 Å². The summed E-state index contributed by atoms with van der Waals surface area (Å²) >= 11 is 0. The quantitative estimate of drug-likeness (QED) is 0.344. The van der Waals surface area contributed by atoms with Crippen LogP contribution in [-0.2, 0) is 11.3 Å². The van der Waals surface area contributed by atoms with E-state index in [0.717, 1.165) is 30.7 Å². The maximum absolute atomic E-state index is 11.8. The molecule has 0 bridgehead atoms. The molecule has 1 aromatic rings. The fraction of sp³-hybridized carbons (Fsp3) is 0.471. The Morgan fingerprint density at radius 2 is 2.39 bits per heavy atom. The predicted molar refractivity (Wildman–Crippen MR) is 89.0 cm³/mol. The van der Waals surface area contributed by atoms with Crippen molar-refractivity contribution in [3.8, 4) is 11.5 Å². The molecule has 0 aliphatic carbocycles. The smallest absolute Gasteiger partial charge is 0.238 e. The molecule has 0 aromatic heterocycles. The number of piperidine rings is 1. The number of nitrogens with zero attached hydrogens (tertiary/aromatic N) is 1. The van der Waals surface area contributed by atoms with Crippen LogP contribution in [0.4, 0.5) is 0 Å². The zero-order valence-electron chi connectivity index (χ0n) is 13.6. The Morgan fingerprint density at radius 1 is 1.57 bits per heavy atom. The number of hydrazine groups is 1. The molecule has 1 unspecified atom stereocenters. The summed E-state index contributed by atoms with van der Waals surface area (Å²) in [5, 5.41) is 0. The number of carbonyl (C=O) groups is 1. The molecule has 1 amide bonds. The van der Waals surface area contributed by atoms with Crippen LogP contribution < -0.4 is 20.7 Å². The summed E-state index contributed by atoms with van der Waals surface area (Å²) in [5.41, 5.74) is 3.30. The minimum Gasteiger partial charge on any atom is -0.493 e. The highest BCUT2D eigenvalue weighted by atomic mass is 16.5. The highest BCUT2D eigenvalue weighted by Crippen LogP contribution is 2.32. The number of carbonyl (C=O) groups excluding carboxylic acids is 1. The van der Waals surface area contributed by atoms with Crippen LogP contribution in [0, 0.1) is 5.92 Å². The van der Waals surface area contributed by atoms with Crippen molar-refractivity contribution in [2.24, 2.45) is 11.8 Å². The molecule has 1 saturated heterocycles. The molecule has 1 atom stereocenters. The van der Waals surface area contributed by atoms with Crippen LogP contribution in [-0.4, -0.2) is 37.6 Å². The van der Waals surface area contributed by atoms with Crippen molar-refractivity contribution in [3.05, 3.63) is 36.4 Å². The maximum Gasteiger partial charge on any atom is 0.238 e. The minimum absolute atomic E-state index is 0.0584. The number of hydrogen-bond acceptors (Lipinski definition) is 5. The number of likely N-dealkylation sites (tertiary alicyclic amines) is 1. The first kappa shape index (κ1) is 17.3. The van der Waals surface area contributed by atoms with E-state index in [1.54, 1.807) is 13.2 Å². The van der Waals surface area contributed by atoms with E-state index >= 15 is 0 Å². The zero-order valence-corrected chi connectivity index (χ0v) is 13.6. The van der Waals surface area contributed by atoms with E-state index in [4.69, 9.17) is 15.3 Å². The molecule has 0 saturated carbocycles. The van der Waals surface area contributed by atoms with Gasteiger partial charge >= 0.3 is 0 Å². The van der Waals surface area contributed by atoms with Crippen molar-refractivity contribution in [1.82, 2.24) is 10.3 Å². The summed E-state index contributed by atoms with van der Waals surface area (Å²) in [4.78, 5) is 14.0. The van der Waals surface area contributed by atoms with Crippen LogP contribution >= 0.6 is 0 Å². The topological polar surface area (TPSA) is 76.8 Å². The molecule has 1 heterocycles. The standard InChI is InChI=1S/C17H25N3O3/c1-3-10-23-16-13(6-4-8-15(16)22-2)11-20-9-5-7-14(12-20)17(21)19-18/h3-4,6,8,14H,1,5,7,9-12,18H2,2H3,(H,19,21). The van der Waals surface area contributed by atoms with Crippen LogP contribution in [0.25, 0.3) is 0 Å². The van der Waals surface area contributed by atoms with Crippen molar-refractivity contribution in [2.45, 2.75) is 19.4 Å². The number of benzene rings is 1. The second-order valence-electron chi connectivity index (χ2n) is 5.63. The normalized spacial score (nSPS) is 18.3. The number of ether oxygens (including phenoxy) is 2. The van der Waals surface area contributed by atoms with Gasteiger partial charge in [0.2, 0.25) is 5.91 Å². The lowest BCUT2D eigenvalue weighted by atomic mass is 9.97. The second-order valence-corrected chi connectivity index (χ2v) is 5.63. The van der Waals surface area contributed by atoms with Crippen LogP contribution in [0.15, 0.2) is 30.9 Å². The van der Waals surface area contributed by atoms with Crippen LogP contribution in [0.2, 0.25) is 0 Å². The van der Waals surface area contributed by atoms with E-state index in [9.17, 15) is 4.79 Å². The lowest BCUT2D eigenvalue weighted by Gasteiger charge is -2.32. The number of para-hydroxylation sites is 1. The first-order valence-electron chi connectivity index (χ1n) is 7.82. The van der Waals surface area contributed by atoms with Crippen LogP contribution in [0.3, 0.4) is 0 Å². The summed E-state index contributed by atoms with van der Waals surface area (Å²) < 4.78 is 11.2. The van der Waals surface area contributed by atoms with Gasteiger partial charge in [-0.15, -0.1) is 0 Å². The van der Waals surface area contributed by atoms with Crippen molar-refractivity contribution in [1.29, 1.82) is 0 Å². The predicted octanol–water partition coefficient (Wildman–Crippen LogP) is 1.46. The average Bonchev–Trinajstić information content (AvgIpc) is 2.60. The average molecular weight is 319 g/mol. The molecular weight excluding hydrogens is 294 g/mol. The Morgan fingerprint density at radius 3 is 3.09 bits per heavy atom. The highest BCUT2D eigenvalue weighted by Gasteiger charge is 2.26. The number of hydrogen-bond donors (Lipinski definition) is 2. The molecule has 1 aromatic carbocycles. The minimum atomic E-state index is -0.0940. The second kappa shape index (κ2) is 8.55. The summed E-state index contributed by atoms with van der Waals surface area (Å²) in [6, 6.07) is 5.85. The van der Waals surface area contributed by atoms with E-state index < -0.39 is 0 Å². The highest BCUT2D eigenvalue weighted by molar-refractivity contribution is 5.78. The van der Waals surface area contributed by atoms with E-state index in [1.165, 1.54) is 0 Å². The molecule has 2 rings (SSSR count). The van der Waals surface area contributed by atoms with Gasteiger partial charge in [0.1, 0.15) is 6.61 Å². The fourth-order valence-corrected chi connectivity index (χ4v) is 2.92. The molecule has 0 radical (unpaired) electrons. The molecule has 0 spiro atoms. The Hall–Kier alpha value is -2.05. The van der Waals surface area contributed by atoms with Crippen LogP contribution in [0.5, 0.6) is 11.5 Å². The molecule has 23 heavy (non-hydrogen) atoms. The molecule has 1 aliphatic rings. The van der Waals surface area contributed by atoms with Gasteiger partial charge in [-0.05, 0) is 25.5 Å². The van der Waals surface area contributed by atoms with Crippen molar-refractivity contribution < 1.29 is 14.3 Å². The van der Waals surface area contributed by atoms with Crippen molar-refractivity contribution in [2.75, 3.05) is 26.8 Å². The van der Waals surface area contributed by atoms with E-state index in [2.05, 4.69) is 16.9 Å². The summed E-state index contributed by atoms with van der Waals surface area (Å²) in [6.45, 7) is 6.46. The van der Waals surface area contributed by atoms with Crippen molar-refractivity contribution >= 4 is 5.91 Å². The van der Waals surface area contributed by atoms with Gasteiger partial charge in [-0.1, -0.05) is 24.8 Å². The largest absolute Gasteiger partial charge is 0.493 e. The first-order valence-corrected chi connectivity index (χ1v) is 7.82. The van der Waals surface area contributed by atoms with Gasteiger partial charge in [-0.25, -0.2) is 5.84 Å². The van der Waals surface area contributed by atoms with Gasteiger partial charge in [-0.3, -0.25) is 15.1 Å². The van der Waals surface area contributed by atoms with E-state index in [0.29, 0.717) is 25.4 Å². The van der Waals surface area contributed by atoms with Gasteiger partial charge in [0, 0.05) is 18.7 Å². The number of amides is 1. The Balaban J connectivity index is 2.12. The molecule has 1 fully saturated rings. The SMILES string of the molecule is C=CCOc1c(CN2CCCC(C(=O)NN)C2)cccc1OC. The van der Waals surface area contributed by atoms with Crippen LogP contribution in [0.1, 0.15) is 18.4 Å². The number of nitrogens with one attached hydrogen (secondary N) is 1. The summed E-state index contributed by atoms with van der Waals surface area (Å²) in [7, 11) is 1.63. The lowest BCUT2D eigenvalue weighted by Crippen LogP contribution is -2.44. The molecule has 3 N–H and O–H groups in total. The Kier molecular flexibility index (Phi) is 6.43. The maximum atomic E-state index is 11.8. The third-order valence-electron chi connectivity index (χ3n) is 4.04. The molecular formula is C17H25N3O3. The van der Waals surface area contributed by atoms with Gasteiger partial charge in [0.25, 0.3) is 0 Å². The third-order valence-corrected chi connectivity index (χ3v) is 4.04. The Bertz CT molecular complexity index is 548. The summed E-state index contributed by atoms with van der Waals surface area (Å²) in [6.07, 6.45) is 3.56. The number of methoxy groups -OCH3 is 1. The zero-order chi connectivity index (χ0) is 16.7.